The number of aromatic nitrogens is 3. The molecule has 0 saturated heterocycles. The maximum Gasteiger partial charge on any atom is 0.330 e. The number of benzene rings is 2. The Morgan fingerprint density at radius 3 is 2.09 bits per heavy atom. The van der Waals surface area contributed by atoms with Crippen LogP contribution in [0.2, 0.25) is 0 Å². The van der Waals surface area contributed by atoms with Crippen LogP contribution >= 0.6 is 0 Å². The molecular weight excluding hydrogens is 418 g/mol. The molecule has 4 rings (SSSR count). The number of methoxy groups -OCH3 is 2. The van der Waals surface area contributed by atoms with Crippen molar-refractivity contribution in [2.75, 3.05) is 14.2 Å². The molecule has 0 unspecified atom stereocenters. The Bertz CT molecular complexity index is 1470. The fraction of sp³-hybridized carbons (Fsp3) is 0.308. The third kappa shape index (κ3) is 3.63. The molecule has 0 aliphatic carbocycles. The van der Waals surface area contributed by atoms with Gasteiger partial charge in [-0.3, -0.25) is 13.9 Å². The summed E-state index contributed by atoms with van der Waals surface area (Å²) in [5.41, 5.74) is 3.33. The summed E-state index contributed by atoms with van der Waals surface area (Å²) in [6, 6.07) is 13.7. The van der Waals surface area contributed by atoms with Crippen molar-refractivity contribution in [1.29, 1.82) is 0 Å². The van der Waals surface area contributed by atoms with Crippen molar-refractivity contribution in [1.82, 2.24) is 13.7 Å². The van der Waals surface area contributed by atoms with Crippen molar-refractivity contribution in [3.05, 3.63) is 75.1 Å². The summed E-state index contributed by atoms with van der Waals surface area (Å²) >= 11 is 0. The van der Waals surface area contributed by atoms with Crippen molar-refractivity contribution < 1.29 is 9.47 Å². The van der Waals surface area contributed by atoms with Crippen LogP contribution in [0.4, 0.5) is 0 Å². The lowest BCUT2D eigenvalue weighted by Gasteiger charge is -2.20. The molecule has 2 aromatic heterocycles. The molecule has 0 bridgehead atoms. The van der Waals surface area contributed by atoms with E-state index in [1.54, 1.807) is 27.3 Å². The Hall–Kier alpha value is -3.74. The van der Waals surface area contributed by atoms with Gasteiger partial charge in [-0.2, -0.15) is 0 Å². The summed E-state index contributed by atoms with van der Waals surface area (Å²) in [6.45, 7) is 6.48. The highest BCUT2D eigenvalue weighted by Crippen LogP contribution is 2.36. The first kappa shape index (κ1) is 22.5. The van der Waals surface area contributed by atoms with Crippen LogP contribution in [0.15, 0.2) is 58.3 Å². The minimum Gasteiger partial charge on any atom is -0.497 e. The molecule has 2 aromatic carbocycles. The van der Waals surface area contributed by atoms with Crippen LogP contribution in [0.25, 0.3) is 27.8 Å². The molecular formula is C26H29N3O4. The Kier molecular flexibility index (Phi) is 5.44. The predicted molar refractivity (Wildman–Crippen MR) is 131 cm³/mol. The summed E-state index contributed by atoms with van der Waals surface area (Å²) in [5, 5.41) is 0.473. The average Bonchev–Trinajstić information content (AvgIpc) is 3.21. The van der Waals surface area contributed by atoms with Crippen LogP contribution in [0.1, 0.15) is 26.3 Å². The third-order valence-corrected chi connectivity index (χ3v) is 6.11. The average molecular weight is 448 g/mol. The first-order valence-electron chi connectivity index (χ1n) is 10.7. The van der Waals surface area contributed by atoms with E-state index in [2.05, 4.69) is 32.9 Å². The molecule has 7 nitrogen and oxygen atoms in total. The predicted octanol–water partition coefficient (Wildman–Crippen LogP) is 4.01. The number of rotatable bonds is 4. The zero-order valence-corrected chi connectivity index (χ0v) is 20.1. The second kappa shape index (κ2) is 7.99. The number of aryl methyl sites for hydroxylation is 1. The van der Waals surface area contributed by atoms with Gasteiger partial charge in [-0.05, 0) is 28.7 Å². The standard InChI is InChI=1S/C26H29N3O4/c1-26(2,3)17-10-8-16(9-11-17)23-22-20(27(4)25(31)28(5)24(22)30)15-29(23)19-13-12-18(32-6)14-21(19)33-7/h8-15H,1-7H3. The van der Waals surface area contributed by atoms with E-state index >= 15 is 0 Å². The van der Waals surface area contributed by atoms with E-state index in [0.29, 0.717) is 28.1 Å². The molecule has 7 heteroatoms. The Morgan fingerprint density at radius 1 is 0.848 bits per heavy atom. The van der Waals surface area contributed by atoms with Gasteiger partial charge in [-0.25, -0.2) is 4.79 Å². The van der Waals surface area contributed by atoms with Gasteiger partial charge in [0.25, 0.3) is 5.56 Å². The summed E-state index contributed by atoms with van der Waals surface area (Å²) in [4.78, 5) is 25.9. The largest absolute Gasteiger partial charge is 0.497 e. The fourth-order valence-corrected chi connectivity index (χ4v) is 4.13. The van der Waals surface area contributed by atoms with Gasteiger partial charge in [0, 0.05) is 26.4 Å². The molecule has 2 heterocycles. The van der Waals surface area contributed by atoms with Crippen LogP contribution in [0.5, 0.6) is 11.5 Å². The minimum absolute atomic E-state index is 0.00181. The lowest BCUT2D eigenvalue weighted by molar-refractivity contribution is 0.393. The highest BCUT2D eigenvalue weighted by Gasteiger charge is 2.22. The van der Waals surface area contributed by atoms with Crippen molar-refractivity contribution in [3.63, 3.8) is 0 Å². The lowest BCUT2D eigenvalue weighted by Crippen LogP contribution is -2.36. The molecule has 0 aliphatic heterocycles. The third-order valence-electron chi connectivity index (χ3n) is 6.11. The van der Waals surface area contributed by atoms with E-state index in [4.69, 9.17) is 9.47 Å². The van der Waals surface area contributed by atoms with Gasteiger partial charge in [-0.15, -0.1) is 0 Å². The van der Waals surface area contributed by atoms with E-state index in [1.165, 1.54) is 17.2 Å². The van der Waals surface area contributed by atoms with Crippen molar-refractivity contribution in [2.45, 2.75) is 26.2 Å². The molecule has 4 aromatic rings. The summed E-state index contributed by atoms with van der Waals surface area (Å²) in [7, 11) is 6.36. The van der Waals surface area contributed by atoms with E-state index in [-0.39, 0.29) is 16.7 Å². The van der Waals surface area contributed by atoms with E-state index in [1.807, 2.05) is 35.0 Å². The van der Waals surface area contributed by atoms with Gasteiger partial charge in [-0.1, -0.05) is 45.0 Å². The number of fused-ring (bicyclic) bond motifs is 1. The normalized spacial score (nSPS) is 11.7. The Labute approximate surface area is 192 Å². The van der Waals surface area contributed by atoms with Crippen LogP contribution < -0.4 is 20.7 Å². The van der Waals surface area contributed by atoms with Crippen molar-refractivity contribution in [2.24, 2.45) is 14.1 Å². The van der Waals surface area contributed by atoms with Crippen LogP contribution in [-0.4, -0.2) is 27.9 Å². The van der Waals surface area contributed by atoms with Gasteiger partial charge in [0.15, 0.2) is 0 Å². The number of hydrogen-bond donors (Lipinski definition) is 0. The summed E-state index contributed by atoms with van der Waals surface area (Å²) < 4.78 is 15.5. The van der Waals surface area contributed by atoms with Gasteiger partial charge in [0.05, 0.1) is 36.5 Å². The molecule has 0 spiro atoms. The monoisotopic (exact) mass is 447 g/mol. The fourth-order valence-electron chi connectivity index (χ4n) is 4.13. The molecule has 0 radical (unpaired) electrons. The minimum atomic E-state index is -0.374. The lowest BCUT2D eigenvalue weighted by atomic mass is 9.86. The maximum atomic E-state index is 13.3. The molecule has 0 atom stereocenters. The quantitative estimate of drug-likeness (QED) is 0.474. The zero-order chi connectivity index (χ0) is 24.1. The van der Waals surface area contributed by atoms with Gasteiger partial charge in [0.1, 0.15) is 11.5 Å². The highest BCUT2D eigenvalue weighted by atomic mass is 16.5. The van der Waals surface area contributed by atoms with E-state index < -0.39 is 0 Å². The topological polar surface area (TPSA) is 67.4 Å². The highest BCUT2D eigenvalue weighted by molar-refractivity contribution is 5.95. The van der Waals surface area contributed by atoms with Gasteiger partial charge >= 0.3 is 5.69 Å². The first-order chi connectivity index (χ1) is 15.6. The number of hydrogen-bond acceptors (Lipinski definition) is 4. The first-order valence-corrected chi connectivity index (χ1v) is 10.7. The summed E-state index contributed by atoms with van der Waals surface area (Å²) in [5.74, 6) is 1.25. The van der Waals surface area contributed by atoms with Crippen molar-refractivity contribution in [3.8, 4) is 28.4 Å². The molecule has 0 amide bonds. The molecule has 33 heavy (non-hydrogen) atoms. The number of ether oxygens (including phenoxy) is 2. The molecule has 0 saturated carbocycles. The second-order valence-electron chi connectivity index (χ2n) is 9.18. The molecule has 0 fully saturated rings. The molecule has 0 aliphatic rings. The molecule has 0 N–H and O–H groups in total. The smallest absolute Gasteiger partial charge is 0.330 e. The number of nitrogens with zero attached hydrogens (tertiary/aromatic N) is 3. The Morgan fingerprint density at radius 2 is 1.52 bits per heavy atom. The van der Waals surface area contributed by atoms with Crippen molar-refractivity contribution >= 4 is 10.9 Å². The molecule has 172 valence electrons. The van der Waals surface area contributed by atoms with Gasteiger partial charge < -0.3 is 14.0 Å². The van der Waals surface area contributed by atoms with Gasteiger partial charge in [0.2, 0.25) is 0 Å². The van der Waals surface area contributed by atoms with Crippen LogP contribution in [0.3, 0.4) is 0 Å². The Balaban J connectivity index is 2.12. The second-order valence-corrected chi connectivity index (χ2v) is 9.18. The van der Waals surface area contributed by atoms with Crippen LogP contribution in [0, 0.1) is 0 Å². The van der Waals surface area contributed by atoms with Crippen LogP contribution in [-0.2, 0) is 19.5 Å². The zero-order valence-electron chi connectivity index (χ0n) is 20.1. The summed E-state index contributed by atoms with van der Waals surface area (Å²) in [6.07, 6.45) is 1.81. The maximum absolute atomic E-state index is 13.3. The SMILES string of the molecule is COc1ccc(-n2cc3c(c2-c2ccc(C(C)(C)C)cc2)c(=O)n(C)c(=O)n3C)c(OC)c1. The van der Waals surface area contributed by atoms with E-state index in [9.17, 15) is 9.59 Å². The van der Waals surface area contributed by atoms with E-state index in [0.717, 1.165) is 15.8 Å².